The number of aliphatic hydroxyl groups is 2. The first kappa shape index (κ1) is 75.0. The van der Waals surface area contributed by atoms with Gasteiger partial charge in [-0.25, -0.2) is 14.4 Å². The summed E-state index contributed by atoms with van der Waals surface area (Å²) in [6.07, 6.45) is -14.0. The summed E-state index contributed by atoms with van der Waals surface area (Å²) in [4.78, 5) is 166. The average Bonchev–Trinajstić information content (AvgIpc) is 0.669. The van der Waals surface area contributed by atoms with E-state index in [1.807, 2.05) is 0 Å². The fraction of sp³-hybridized carbons (Fsp3) is 0.465. The lowest BCUT2D eigenvalue weighted by Gasteiger charge is -2.67. The highest BCUT2D eigenvalue weighted by Crippen LogP contribution is 2.64. The van der Waals surface area contributed by atoms with Crippen LogP contribution in [0.15, 0.2) is 126 Å². The van der Waals surface area contributed by atoms with E-state index < -0.39 is 180 Å². The number of nitrogens with one attached hydrogen (secondary N) is 4. The van der Waals surface area contributed by atoms with Gasteiger partial charge < -0.3 is 79.8 Å². The fourth-order valence-corrected chi connectivity index (χ4v) is 13.4. The number of benzene rings is 4. The Kier molecular flexibility index (Phi) is 24.1. The van der Waals surface area contributed by atoms with Crippen molar-refractivity contribution >= 4 is 76.8 Å². The molecule has 8 N–H and O–H groups in total. The Morgan fingerprint density at radius 1 is 0.737 bits per heavy atom. The van der Waals surface area contributed by atoms with Crippen molar-refractivity contribution in [1.82, 2.24) is 16.0 Å². The first-order chi connectivity index (χ1) is 46.9. The van der Waals surface area contributed by atoms with Gasteiger partial charge in [0.05, 0.1) is 49.2 Å². The number of rotatable bonds is 28. The number of ketones is 2. The largest absolute Gasteiger partial charge is 0.509 e. The number of carbonyl (C=O) groups excluding carboxylic acids is 12. The number of esters is 4. The first-order valence-corrected chi connectivity index (χ1v) is 32.1. The third-order valence-corrected chi connectivity index (χ3v) is 18.7. The number of anilines is 1. The fourth-order valence-electron chi connectivity index (χ4n) is 13.4. The van der Waals surface area contributed by atoms with Crippen LogP contribution < -0.4 is 27.0 Å². The number of hydrogen-bond acceptors (Lipinski definition) is 23. The lowest BCUT2D eigenvalue weighted by molar-refractivity contribution is -0.346. The summed E-state index contributed by atoms with van der Waals surface area (Å²) in [5, 5.41) is 36.7. The molecule has 14 atom stereocenters. The Balaban J connectivity index is 1.09. The molecule has 4 aromatic rings. The normalized spacial score (nSPS) is 24.9. The molecule has 1 aliphatic heterocycles. The van der Waals surface area contributed by atoms with Crippen molar-refractivity contribution in [3.05, 3.63) is 149 Å². The molecule has 5 amide bonds. The number of methoxy groups -OCH3 is 1. The van der Waals surface area contributed by atoms with Gasteiger partial charge in [-0.15, -0.1) is 0 Å². The standard InChI is InChI=1S/C71H83N5O23/c1-38(31-48(79)36-92-30-29-91-9)61(83)73-40(3)62(84)75-49(32-53(72)81)64(86)74-47-27-25-43(26-28-47)35-93-67(89)97-57(55(44-19-13-10-14-20-44)76-63(85)45-21-15-11-16-22-45)66(88)96-50-34-71(90)60(98-65(87)46-23-17-12-18-24-46)58-69(8,51(80)33-52-70(58,37-94-52)99-42(5)78)59(82)56(95-41(4)77)54(39(50)2)68(71,6)7/h10-28,38,40,49-52,55-58,60,80,90H,29-37H2,1-9H3,(H2,72,81)(H,73,83)(H,74,86)(H,75,84)(H,76,85)/t38-,40+,49+,50?,51-,52?,55-,56+,57?,58-,60?,69+,70?,71+/m0/s1. The summed E-state index contributed by atoms with van der Waals surface area (Å²) in [6.45, 7) is 10.0. The molecule has 0 spiro atoms. The Labute approximate surface area is 570 Å². The first-order valence-electron chi connectivity index (χ1n) is 32.1. The van der Waals surface area contributed by atoms with E-state index in [0.717, 1.165) is 13.8 Å². The van der Waals surface area contributed by atoms with Crippen LogP contribution in [0.1, 0.15) is 119 Å². The van der Waals surface area contributed by atoms with Crippen molar-refractivity contribution < 1.29 is 110 Å². The van der Waals surface area contributed by atoms with E-state index >= 15 is 9.59 Å². The maximum Gasteiger partial charge on any atom is 0.509 e. The number of hydrogen-bond donors (Lipinski definition) is 7. The second kappa shape index (κ2) is 31.8. The van der Waals surface area contributed by atoms with E-state index in [4.69, 9.17) is 48.4 Å². The molecule has 8 rings (SSSR count). The monoisotopic (exact) mass is 1370 g/mol. The van der Waals surface area contributed by atoms with Crippen molar-refractivity contribution in [2.45, 2.75) is 154 Å². The highest BCUT2D eigenvalue weighted by Gasteiger charge is 2.78. The van der Waals surface area contributed by atoms with Crippen LogP contribution in [0.2, 0.25) is 0 Å². The van der Waals surface area contributed by atoms with Gasteiger partial charge in [0, 0.05) is 62.8 Å². The number of fused-ring (bicyclic) bond motifs is 5. The lowest BCUT2D eigenvalue weighted by atomic mass is 9.44. The van der Waals surface area contributed by atoms with Crippen LogP contribution in [0.4, 0.5) is 10.5 Å². The number of Topliss-reactive ketones (excluding diaryl/α,β-unsaturated/α-hetero) is 2. The van der Waals surface area contributed by atoms with Crippen molar-refractivity contribution in [2.24, 2.45) is 28.4 Å². The number of amides is 5. The molecular formula is C71H83N5O23. The molecule has 3 aliphatic carbocycles. The maximum atomic E-state index is 15.9. The van der Waals surface area contributed by atoms with Gasteiger partial charge in [-0.05, 0) is 79.4 Å². The van der Waals surface area contributed by atoms with Crippen molar-refractivity contribution in [2.75, 3.05) is 38.9 Å². The van der Waals surface area contributed by atoms with Crippen molar-refractivity contribution in [1.29, 1.82) is 0 Å². The summed E-state index contributed by atoms with van der Waals surface area (Å²) in [5.41, 5.74) is -2.43. The molecule has 5 unspecified atom stereocenters. The Hall–Kier alpha value is -9.74. The second-order valence-corrected chi connectivity index (χ2v) is 25.8. The van der Waals surface area contributed by atoms with Gasteiger partial charge in [0.25, 0.3) is 5.91 Å². The van der Waals surface area contributed by atoms with Gasteiger partial charge in [0.1, 0.15) is 55.3 Å². The zero-order valence-corrected chi connectivity index (χ0v) is 56.2. The van der Waals surface area contributed by atoms with E-state index in [9.17, 15) is 58.2 Å². The molecule has 28 heteroatoms. The summed E-state index contributed by atoms with van der Waals surface area (Å²) < 4.78 is 52.6. The lowest BCUT2D eigenvalue weighted by Crippen LogP contribution is -2.82. The van der Waals surface area contributed by atoms with Gasteiger partial charge >= 0.3 is 30.0 Å². The number of aliphatic hydroxyl groups excluding tert-OH is 1. The Bertz CT molecular complexity index is 3720. The molecule has 28 nitrogen and oxygen atoms in total. The van der Waals surface area contributed by atoms with Crippen LogP contribution in [0, 0.1) is 22.7 Å². The highest BCUT2D eigenvalue weighted by molar-refractivity contribution is 6.01. The predicted molar refractivity (Wildman–Crippen MR) is 347 cm³/mol. The molecule has 2 saturated carbocycles. The third kappa shape index (κ3) is 16.7. The molecule has 530 valence electrons. The molecule has 3 fully saturated rings. The molecule has 99 heavy (non-hydrogen) atoms. The Morgan fingerprint density at radius 2 is 1.36 bits per heavy atom. The van der Waals surface area contributed by atoms with Gasteiger partial charge in [0.2, 0.25) is 29.7 Å². The van der Waals surface area contributed by atoms with Gasteiger partial charge in [-0.2, -0.15) is 0 Å². The molecule has 2 bridgehead atoms. The number of nitrogens with two attached hydrogens (primary N) is 1. The molecular weight excluding hydrogens is 1290 g/mol. The van der Waals surface area contributed by atoms with Crippen LogP contribution in [-0.4, -0.2) is 175 Å². The molecule has 0 aromatic heterocycles. The third-order valence-electron chi connectivity index (χ3n) is 18.7. The zero-order valence-electron chi connectivity index (χ0n) is 56.2. The van der Waals surface area contributed by atoms with Crippen LogP contribution in [0.25, 0.3) is 0 Å². The van der Waals surface area contributed by atoms with Crippen LogP contribution in [0.5, 0.6) is 0 Å². The molecule has 1 saturated heterocycles. The van der Waals surface area contributed by atoms with E-state index in [2.05, 4.69) is 21.3 Å². The summed E-state index contributed by atoms with van der Waals surface area (Å²) in [7, 11) is 1.47. The second-order valence-electron chi connectivity index (χ2n) is 25.8. The predicted octanol–water partition coefficient (Wildman–Crippen LogP) is 4.16. The van der Waals surface area contributed by atoms with Crippen LogP contribution in [0.3, 0.4) is 0 Å². The quantitative estimate of drug-likeness (QED) is 0.0182. The minimum absolute atomic E-state index is 0.0120. The topological polar surface area (TPSA) is 403 Å². The van der Waals surface area contributed by atoms with Crippen LogP contribution in [-0.2, 0) is 92.4 Å². The molecule has 4 aliphatic rings. The number of ether oxygens (including phenoxy) is 9. The van der Waals surface area contributed by atoms with Crippen molar-refractivity contribution in [3.63, 3.8) is 0 Å². The molecule has 4 aromatic carbocycles. The van der Waals surface area contributed by atoms with E-state index in [0.29, 0.717) is 0 Å². The molecule has 0 radical (unpaired) electrons. The van der Waals surface area contributed by atoms with E-state index in [1.54, 1.807) is 54.6 Å². The summed E-state index contributed by atoms with van der Waals surface area (Å²) in [5.74, 6) is -12.2. The van der Waals surface area contributed by atoms with E-state index in [1.165, 1.54) is 109 Å². The Morgan fingerprint density at radius 3 is 1.95 bits per heavy atom. The zero-order chi connectivity index (χ0) is 72.3. The van der Waals surface area contributed by atoms with Gasteiger partial charge in [-0.3, -0.25) is 43.2 Å². The van der Waals surface area contributed by atoms with Crippen molar-refractivity contribution in [3.8, 4) is 0 Å². The highest BCUT2D eigenvalue weighted by atomic mass is 16.7. The number of carbonyl (C=O) groups is 12. The minimum atomic E-state index is -2.58. The van der Waals surface area contributed by atoms with Gasteiger partial charge in [0.15, 0.2) is 23.3 Å². The smallest absolute Gasteiger partial charge is 0.455 e. The SMILES string of the molecule is COCCOCC(=O)C[C@H](C)C(=O)N[C@H](C)C(=O)N[C@H](CC(N)=O)C(=O)Nc1ccc(COC(=O)OC(C(=O)OC2C[C@@]3(O)C(OC(=O)c4ccccc4)[C@@H]4C5(OC(C)=O)COC5C[C@H](O)[C@@]4(C)C(=O)[C@H](OC(C)=O)C(=C2C)C3(C)C)[C@@H](NC(=O)c2ccccc2)c2ccccc2)cc1. The maximum absolute atomic E-state index is 15.9. The minimum Gasteiger partial charge on any atom is -0.455 e. The van der Waals surface area contributed by atoms with E-state index in [-0.39, 0.29) is 77.5 Å². The summed E-state index contributed by atoms with van der Waals surface area (Å²) in [6, 6.07) is 24.6. The number of primary amides is 1. The molecule has 1 heterocycles. The average molecular weight is 1370 g/mol. The van der Waals surface area contributed by atoms with Gasteiger partial charge in [-0.1, -0.05) is 99.6 Å². The van der Waals surface area contributed by atoms with Crippen LogP contribution >= 0.6 is 0 Å². The summed E-state index contributed by atoms with van der Waals surface area (Å²) >= 11 is 0.